The molecule has 9 heteroatoms. The van der Waals surface area contributed by atoms with Gasteiger partial charge >= 0.3 is 0 Å². The SMILES string of the molecule is C=Cc1ccc(CNC(=O)CCc2ccc(OC3O[C@H](CO)[C@@H](O)[C@H](O)[C@@H]3NC(C)=O)cc2)cc1. The maximum atomic E-state index is 12.2. The number of amides is 2. The second-order valence-corrected chi connectivity index (χ2v) is 8.42. The van der Waals surface area contributed by atoms with Crippen molar-refractivity contribution in [1.29, 1.82) is 0 Å². The van der Waals surface area contributed by atoms with Crippen molar-refractivity contribution in [1.82, 2.24) is 10.6 Å². The van der Waals surface area contributed by atoms with Gasteiger partial charge in [0.25, 0.3) is 0 Å². The molecule has 3 rings (SSSR count). The van der Waals surface area contributed by atoms with Crippen molar-refractivity contribution in [3.8, 4) is 5.75 Å². The molecule has 1 aliphatic heterocycles. The van der Waals surface area contributed by atoms with Crippen LogP contribution in [0.4, 0.5) is 0 Å². The Bertz CT molecular complexity index is 994. The second-order valence-electron chi connectivity index (χ2n) is 8.42. The molecular weight excluding hydrogens is 452 g/mol. The number of benzene rings is 2. The van der Waals surface area contributed by atoms with Gasteiger partial charge in [-0.25, -0.2) is 0 Å². The van der Waals surface area contributed by atoms with E-state index < -0.39 is 43.2 Å². The summed E-state index contributed by atoms with van der Waals surface area (Å²) in [7, 11) is 0. The summed E-state index contributed by atoms with van der Waals surface area (Å²) in [5, 5.41) is 35.3. The topological polar surface area (TPSA) is 137 Å². The van der Waals surface area contributed by atoms with Gasteiger partial charge < -0.3 is 35.4 Å². The Labute approximate surface area is 204 Å². The number of carbonyl (C=O) groups excluding carboxylic acids is 2. The molecule has 1 aliphatic rings. The highest BCUT2D eigenvalue weighted by Crippen LogP contribution is 2.25. The molecule has 1 heterocycles. The Morgan fingerprint density at radius 3 is 2.31 bits per heavy atom. The highest BCUT2D eigenvalue weighted by Gasteiger charge is 2.46. The zero-order chi connectivity index (χ0) is 25.4. The average Bonchev–Trinajstić information content (AvgIpc) is 2.86. The van der Waals surface area contributed by atoms with Crippen LogP contribution in [-0.2, 0) is 27.3 Å². The summed E-state index contributed by atoms with van der Waals surface area (Å²) in [5.41, 5.74) is 2.96. The molecule has 35 heavy (non-hydrogen) atoms. The fourth-order valence-electron chi connectivity index (χ4n) is 3.76. The predicted octanol–water partition coefficient (Wildman–Crippen LogP) is 0.901. The number of aliphatic hydroxyl groups excluding tert-OH is 3. The Morgan fingerprint density at radius 2 is 1.71 bits per heavy atom. The number of aliphatic hydroxyl groups is 3. The molecule has 0 bridgehead atoms. The predicted molar refractivity (Wildman–Crippen MR) is 129 cm³/mol. The van der Waals surface area contributed by atoms with Gasteiger partial charge in [-0.3, -0.25) is 9.59 Å². The fourth-order valence-corrected chi connectivity index (χ4v) is 3.76. The Kier molecular flexibility index (Phi) is 9.39. The normalized spacial score (nSPS) is 23.8. The number of hydrogen-bond acceptors (Lipinski definition) is 7. The number of carbonyl (C=O) groups is 2. The van der Waals surface area contributed by atoms with Gasteiger partial charge in [0.05, 0.1) is 6.61 Å². The van der Waals surface area contributed by atoms with Crippen molar-refractivity contribution in [3.63, 3.8) is 0 Å². The first-order valence-corrected chi connectivity index (χ1v) is 11.4. The van der Waals surface area contributed by atoms with Crippen molar-refractivity contribution in [2.45, 2.75) is 57.0 Å². The summed E-state index contributed by atoms with van der Waals surface area (Å²) in [6.07, 6.45) is -2.31. The van der Waals surface area contributed by atoms with E-state index in [0.717, 1.165) is 16.7 Å². The minimum Gasteiger partial charge on any atom is -0.463 e. The summed E-state index contributed by atoms with van der Waals surface area (Å²) >= 11 is 0. The van der Waals surface area contributed by atoms with Gasteiger partial charge in [-0.2, -0.15) is 0 Å². The van der Waals surface area contributed by atoms with Gasteiger partial charge in [0, 0.05) is 19.9 Å². The first kappa shape index (κ1) is 26.4. The maximum Gasteiger partial charge on any atom is 0.223 e. The molecule has 2 aromatic rings. The fraction of sp³-hybridized carbons (Fsp3) is 0.385. The summed E-state index contributed by atoms with van der Waals surface area (Å²) in [6, 6.07) is 13.8. The minimum atomic E-state index is -1.38. The standard InChI is InChI=1S/C26H32N2O7/c1-3-17-4-6-19(7-5-17)14-27-22(31)13-10-18-8-11-20(12-9-18)34-26-23(28-16(2)30)25(33)24(32)21(15-29)35-26/h3-9,11-12,21,23-26,29,32-33H,1,10,13-15H2,2H3,(H,27,31)(H,28,30)/t21-,23+,24-,25-,26?/m1/s1. The van der Waals surface area contributed by atoms with Crippen LogP contribution < -0.4 is 15.4 Å². The molecule has 0 saturated carbocycles. The molecule has 1 unspecified atom stereocenters. The van der Waals surface area contributed by atoms with E-state index in [1.54, 1.807) is 18.2 Å². The minimum absolute atomic E-state index is 0.0607. The van der Waals surface area contributed by atoms with E-state index in [-0.39, 0.29) is 5.91 Å². The molecule has 0 aliphatic carbocycles. The van der Waals surface area contributed by atoms with Crippen LogP contribution in [0.25, 0.3) is 6.08 Å². The molecule has 5 N–H and O–H groups in total. The highest BCUT2D eigenvalue weighted by atomic mass is 16.7. The third-order valence-corrected chi connectivity index (χ3v) is 5.77. The third-order valence-electron chi connectivity index (χ3n) is 5.77. The molecule has 2 aromatic carbocycles. The first-order valence-electron chi connectivity index (χ1n) is 11.4. The molecule has 0 aromatic heterocycles. The lowest BCUT2D eigenvalue weighted by atomic mass is 9.97. The highest BCUT2D eigenvalue weighted by molar-refractivity contribution is 5.76. The van der Waals surface area contributed by atoms with E-state index in [2.05, 4.69) is 17.2 Å². The van der Waals surface area contributed by atoms with E-state index in [1.165, 1.54) is 6.92 Å². The second kappa shape index (κ2) is 12.5. The van der Waals surface area contributed by atoms with Gasteiger partial charge in [0.2, 0.25) is 18.1 Å². The molecule has 1 fully saturated rings. The molecule has 0 radical (unpaired) electrons. The van der Waals surface area contributed by atoms with E-state index in [1.807, 2.05) is 36.4 Å². The van der Waals surface area contributed by atoms with Crippen LogP contribution in [0.5, 0.6) is 5.75 Å². The molecule has 9 nitrogen and oxygen atoms in total. The average molecular weight is 485 g/mol. The maximum absolute atomic E-state index is 12.2. The smallest absolute Gasteiger partial charge is 0.223 e. The summed E-state index contributed by atoms with van der Waals surface area (Å²) in [4.78, 5) is 23.8. The lowest BCUT2D eigenvalue weighted by Crippen LogP contribution is -2.65. The van der Waals surface area contributed by atoms with Gasteiger partial charge in [-0.1, -0.05) is 49.1 Å². The number of nitrogens with one attached hydrogen (secondary N) is 2. The lowest BCUT2D eigenvalue weighted by molar-refractivity contribution is -0.244. The molecular formula is C26H32N2O7. The largest absolute Gasteiger partial charge is 0.463 e. The van der Waals surface area contributed by atoms with Gasteiger partial charge in [-0.05, 0) is 35.2 Å². The number of ether oxygens (including phenoxy) is 2. The quantitative estimate of drug-likeness (QED) is 0.338. The molecule has 2 amide bonds. The van der Waals surface area contributed by atoms with Crippen LogP contribution in [-0.4, -0.2) is 64.4 Å². The van der Waals surface area contributed by atoms with E-state index >= 15 is 0 Å². The molecule has 0 spiro atoms. The van der Waals surface area contributed by atoms with Gasteiger partial charge in [-0.15, -0.1) is 0 Å². The summed E-state index contributed by atoms with van der Waals surface area (Å²) in [5.74, 6) is -0.0837. The van der Waals surface area contributed by atoms with Crippen molar-refractivity contribution in [2.24, 2.45) is 0 Å². The van der Waals surface area contributed by atoms with Crippen LogP contribution in [0.1, 0.15) is 30.0 Å². The third kappa shape index (κ3) is 7.37. The van der Waals surface area contributed by atoms with E-state index in [9.17, 15) is 24.9 Å². The summed E-state index contributed by atoms with van der Waals surface area (Å²) < 4.78 is 11.4. The first-order chi connectivity index (χ1) is 16.8. The van der Waals surface area contributed by atoms with Crippen LogP contribution in [0.15, 0.2) is 55.1 Å². The van der Waals surface area contributed by atoms with Crippen LogP contribution in [0, 0.1) is 0 Å². The number of aryl methyl sites for hydroxylation is 1. The van der Waals surface area contributed by atoms with Crippen LogP contribution >= 0.6 is 0 Å². The van der Waals surface area contributed by atoms with Crippen LogP contribution in [0.2, 0.25) is 0 Å². The number of rotatable bonds is 10. The van der Waals surface area contributed by atoms with Crippen molar-refractivity contribution >= 4 is 17.9 Å². The lowest BCUT2D eigenvalue weighted by Gasteiger charge is -2.42. The summed E-state index contributed by atoms with van der Waals surface area (Å²) in [6.45, 7) is 4.93. The zero-order valence-corrected chi connectivity index (χ0v) is 19.6. The Morgan fingerprint density at radius 1 is 1.06 bits per heavy atom. The van der Waals surface area contributed by atoms with Crippen molar-refractivity contribution < 1.29 is 34.4 Å². The van der Waals surface area contributed by atoms with Crippen molar-refractivity contribution in [3.05, 3.63) is 71.8 Å². The van der Waals surface area contributed by atoms with E-state index in [0.29, 0.717) is 25.1 Å². The van der Waals surface area contributed by atoms with Gasteiger partial charge in [0.1, 0.15) is 30.1 Å². The molecule has 188 valence electrons. The Balaban J connectivity index is 1.52. The molecule has 1 saturated heterocycles. The van der Waals surface area contributed by atoms with E-state index in [4.69, 9.17) is 9.47 Å². The van der Waals surface area contributed by atoms with Crippen molar-refractivity contribution in [2.75, 3.05) is 6.61 Å². The number of hydrogen-bond donors (Lipinski definition) is 5. The van der Waals surface area contributed by atoms with Crippen LogP contribution in [0.3, 0.4) is 0 Å². The Hall–Kier alpha value is -3.24. The van der Waals surface area contributed by atoms with Gasteiger partial charge in [0.15, 0.2) is 0 Å². The zero-order valence-electron chi connectivity index (χ0n) is 19.6. The molecule has 5 atom stereocenters. The monoisotopic (exact) mass is 484 g/mol.